The minimum absolute atomic E-state index is 0.616. The summed E-state index contributed by atoms with van der Waals surface area (Å²) >= 11 is 0. The lowest BCUT2D eigenvalue weighted by Crippen LogP contribution is -2.02. The molecule has 0 aliphatic rings. The van der Waals surface area contributed by atoms with Crippen LogP contribution in [0.1, 0.15) is 18.2 Å². The van der Waals surface area contributed by atoms with Gasteiger partial charge in [0.1, 0.15) is 0 Å². The van der Waals surface area contributed by atoms with Gasteiger partial charge in [-0.3, -0.25) is 4.57 Å². The number of nitrogens with zero attached hydrogens (tertiary/aromatic N) is 4. The third-order valence-corrected chi connectivity index (χ3v) is 11.0. The third-order valence-electron chi connectivity index (χ3n) is 11.0. The SMILES string of the molecule is C=C/C(=C\C=C(/C)c1cccc(-c2ccccc2)c1)c1ccnc(-n2c3ccccc3c3cc(-c4ccc5c(c4)c4ccccc4n5-c4ccccc4)ccc32)n1. The highest BCUT2D eigenvalue weighted by atomic mass is 15.2. The molecule has 3 aromatic heterocycles. The molecule has 0 amide bonds. The van der Waals surface area contributed by atoms with Crippen molar-refractivity contribution < 1.29 is 0 Å². The van der Waals surface area contributed by atoms with Crippen molar-refractivity contribution in [3.05, 3.63) is 218 Å². The van der Waals surface area contributed by atoms with Crippen LogP contribution in [0.2, 0.25) is 0 Å². The Morgan fingerprint density at radius 2 is 1.05 bits per heavy atom. The first-order chi connectivity index (χ1) is 28.1. The van der Waals surface area contributed by atoms with Crippen LogP contribution in [-0.4, -0.2) is 19.1 Å². The topological polar surface area (TPSA) is 35.6 Å². The van der Waals surface area contributed by atoms with Crippen LogP contribution in [0, 0.1) is 0 Å². The van der Waals surface area contributed by atoms with E-state index >= 15 is 0 Å². The molecule has 0 aliphatic heterocycles. The maximum Gasteiger partial charge on any atom is 0.235 e. The van der Waals surface area contributed by atoms with Crippen molar-refractivity contribution in [3.63, 3.8) is 0 Å². The highest BCUT2D eigenvalue weighted by Gasteiger charge is 2.17. The summed E-state index contributed by atoms with van der Waals surface area (Å²) in [6.07, 6.45) is 7.94. The summed E-state index contributed by atoms with van der Waals surface area (Å²) in [5.74, 6) is 0.616. The molecule has 4 heteroatoms. The number of aromatic nitrogens is 4. The van der Waals surface area contributed by atoms with Crippen LogP contribution < -0.4 is 0 Å². The zero-order valence-electron chi connectivity index (χ0n) is 31.5. The van der Waals surface area contributed by atoms with Crippen molar-refractivity contribution in [1.29, 1.82) is 0 Å². The van der Waals surface area contributed by atoms with E-state index in [1.54, 1.807) is 0 Å². The van der Waals surface area contributed by atoms with Crippen molar-refractivity contribution in [3.8, 4) is 33.9 Å². The molecule has 0 aliphatic carbocycles. The molecule has 0 atom stereocenters. The number of rotatable bonds is 8. The van der Waals surface area contributed by atoms with Gasteiger partial charge in [0.15, 0.2) is 0 Å². The predicted molar refractivity (Wildman–Crippen MR) is 240 cm³/mol. The van der Waals surface area contributed by atoms with E-state index in [9.17, 15) is 0 Å². The van der Waals surface area contributed by atoms with E-state index in [4.69, 9.17) is 9.97 Å². The van der Waals surface area contributed by atoms with Gasteiger partial charge in [-0.15, -0.1) is 0 Å². The minimum Gasteiger partial charge on any atom is -0.309 e. The molecule has 0 N–H and O–H groups in total. The molecule has 0 radical (unpaired) electrons. The summed E-state index contributed by atoms with van der Waals surface area (Å²) in [6.45, 7) is 6.30. The Morgan fingerprint density at radius 1 is 0.491 bits per heavy atom. The maximum atomic E-state index is 5.14. The highest BCUT2D eigenvalue weighted by Crippen LogP contribution is 2.38. The Labute approximate surface area is 331 Å². The van der Waals surface area contributed by atoms with Gasteiger partial charge in [-0.1, -0.05) is 140 Å². The second-order valence-electron chi connectivity index (χ2n) is 14.4. The molecule has 0 bridgehead atoms. The van der Waals surface area contributed by atoms with Gasteiger partial charge < -0.3 is 4.57 Å². The summed E-state index contributed by atoms with van der Waals surface area (Å²) in [5, 5.41) is 4.78. The summed E-state index contributed by atoms with van der Waals surface area (Å²) in [6, 6.07) is 62.4. The van der Waals surface area contributed by atoms with Crippen LogP contribution >= 0.6 is 0 Å². The molecule has 10 rings (SSSR count). The maximum absolute atomic E-state index is 5.14. The Bertz CT molecular complexity index is 3200. The van der Waals surface area contributed by atoms with Gasteiger partial charge in [-0.25, -0.2) is 9.97 Å². The van der Waals surface area contributed by atoms with E-state index in [2.05, 4.69) is 199 Å². The first kappa shape index (κ1) is 34.0. The summed E-state index contributed by atoms with van der Waals surface area (Å²) in [4.78, 5) is 9.97. The monoisotopic (exact) mass is 730 g/mol. The average Bonchev–Trinajstić information content (AvgIpc) is 3.79. The Kier molecular flexibility index (Phi) is 8.50. The number of para-hydroxylation sites is 3. The zero-order valence-corrected chi connectivity index (χ0v) is 31.5. The fraction of sp³-hybridized carbons (Fsp3) is 0.0189. The van der Waals surface area contributed by atoms with Crippen LogP contribution in [0.4, 0.5) is 0 Å². The van der Waals surface area contributed by atoms with Gasteiger partial charge in [0.25, 0.3) is 0 Å². The molecule has 0 unspecified atom stereocenters. The summed E-state index contributed by atoms with van der Waals surface area (Å²) < 4.78 is 4.53. The first-order valence-corrected chi connectivity index (χ1v) is 19.3. The molecule has 3 heterocycles. The molecule has 4 nitrogen and oxygen atoms in total. The van der Waals surface area contributed by atoms with Gasteiger partial charge in [0.2, 0.25) is 5.95 Å². The third kappa shape index (κ3) is 6.05. The predicted octanol–water partition coefficient (Wildman–Crippen LogP) is 13.7. The zero-order chi connectivity index (χ0) is 38.3. The van der Waals surface area contributed by atoms with Crippen molar-refractivity contribution in [1.82, 2.24) is 19.1 Å². The summed E-state index contributed by atoms with van der Waals surface area (Å²) in [5.41, 5.74) is 14.4. The Hall–Kier alpha value is -7.56. The van der Waals surface area contributed by atoms with Crippen LogP contribution in [0.15, 0.2) is 207 Å². The number of hydrogen-bond donors (Lipinski definition) is 0. The molecular formula is C53H38N4. The first-order valence-electron chi connectivity index (χ1n) is 19.3. The fourth-order valence-corrected chi connectivity index (χ4v) is 8.14. The standard InChI is InChI=1S/C53H38N4/c1-3-37(26-25-36(2)39-17-14-18-40(33-39)38-15-6-4-7-16-38)48-31-32-54-53(55-48)57-50-24-13-11-22-45(50)47-35-42(28-30-52(47)57)41-27-29-51-46(34-41)44-21-10-12-23-49(44)56(51)43-19-8-5-9-20-43/h3-35H,1H2,2H3/b36-25+,37-26+. The molecule has 0 spiro atoms. The number of benzene rings is 7. The Morgan fingerprint density at radius 3 is 1.74 bits per heavy atom. The van der Waals surface area contributed by atoms with E-state index < -0.39 is 0 Å². The largest absolute Gasteiger partial charge is 0.309 e. The fourth-order valence-electron chi connectivity index (χ4n) is 8.14. The van der Waals surface area contributed by atoms with Crippen LogP contribution in [0.3, 0.4) is 0 Å². The molecule has 57 heavy (non-hydrogen) atoms. The van der Waals surface area contributed by atoms with Crippen molar-refractivity contribution >= 4 is 54.8 Å². The lowest BCUT2D eigenvalue weighted by Gasteiger charge is -2.09. The second-order valence-corrected chi connectivity index (χ2v) is 14.4. The van der Waals surface area contributed by atoms with Crippen molar-refractivity contribution in [2.24, 2.45) is 0 Å². The van der Waals surface area contributed by atoms with Crippen molar-refractivity contribution in [2.75, 3.05) is 0 Å². The number of fused-ring (bicyclic) bond motifs is 6. The Balaban J connectivity index is 1.03. The molecular weight excluding hydrogens is 693 g/mol. The molecule has 270 valence electrons. The van der Waals surface area contributed by atoms with E-state index in [0.29, 0.717) is 5.95 Å². The number of allylic oxidation sites excluding steroid dienone is 5. The van der Waals surface area contributed by atoms with Crippen LogP contribution in [0.25, 0.3) is 88.6 Å². The smallest absolute Gasteiger partial charge is 0.235 e. The lowest BCUT2D eigenvalue weighted by atomic mass is 9.99. The van der Waals surface area contributed by atoms with Gasteiger partial charge in [-0.05, 0) is 107 Å². The molecule has 0 fully saturated rings. The quantitative estimate of drug-likeness (QED) is 0.146. The molecule has 10 aromatic rings. The average molecular weight is 731 g/mol. The van der Waals surface area contributed by atoms with E-state index in [1.165, 1.54) is 44.1 Å². The van der Waals surface area contributed by atoms with Crippen LogP contribution in [0.5, 0.6) is 0 Å². The van der Waals surface area contributed by atoms with Crippen LogP contribution in [-0.2, 0) is 0 Å². The molecule has 0 saturated heterocycles. The van der Waals surface area contributed by atoms with Gasteiger partial charge >= 0.3 is 0 Å². The van der Waals surface area contributed by atoms with Crippen molar-refractivity contribution in [2.45, 2.75) is 6.92 Å². The normalized spacial score (nSPS) is 12.2. The highest BCUT2D eigenvalue weighted by molar-refractivity contribution is 6.12. The number of hydrogen-bond acceptors (Lipinski definition) is 2. The minimum atomic E-state index is 0.616. The van der Waals surface area contributed by atoms with Gasteiger partial charge in [0.05, 0.1) is 27.8 Å². The van der Waals surface area contributed by atoms with Gasteiger partial charge in [-0.2, -0.15) is 0 Å². The second kappa shape index (κ2) is 14.3. The van der Waals surface area contributed by atoms with Gasteiger partial charge in [0, 0.05) is 33.4 Å². The van der Waals surface area contributed by atoms with E-state index in [-0.39, 0.29) is 0 Å². The van der Waals surface area contributed by atoms with E-state index in [1.807, 2.05) is 24.4 Å². The molecule has 7 aromatic carbocycles. The lowest BCUT2D eigenvalue weighted by molar-refractivity contribution is 0.980. The summed E-state index contributed by atoms with van der Waals surface area (Å²) in [7, 11) is 0. The van der Waals surface area contributed by atoms with E-state index in [0.717, 1.165) is 49.9 Å². The molecule has 0 saturated carbocycles.